The molecule has 2 rings (SSSR count). The van der Waals surface area contributed by atoms with E-state index < -0.39 is 17.9 Å². The molecule has 0 aromatic heterocycles. The van der Waals surface area contributed by atoms with Gasteiger partial charge in [0.2, 0.25) is 0 Å². The van der Waals surface area contributed by atoms with Crippen LogP contribution >= 0.6 is 15.9 Å². The number of amides is 2. The maximum absolute atomic E-state index is 11.9. The Bertz CT molecular complexity index is 717. The average molecular weight is 407 g/mol. The summed E-state index contributed by atoms with van der Waals surface area (Å²) in [5.41, 5.74) is 5.69. The van der Waals surface area contributed by atoms with Crippen LogP contribution in [-0.4, -0.2) is 24.5 Å². The maximum atomic E-state index is 11.9. The Morgan fingerprint density at radius 3 is 2.24 bits per heavy atom. The summed E-state index contributed by atoms with van der Waals surface area (Å²) in [6.45, 7) is 3.35. The third-order valence-corrected chi connectivity index (χ3v) is 3.74. The summed E-state index contributed by atoms with van der Waals surface area (Å²) in [5.74, 6) is 0.204. The smallest absolute Gasteiger partial charge is 0.279 e. The lowest BCUT2D eigenvalue weighted by Gasteiger charge is -2.15. The topological polar surface area (TPSA) is 76.7 Å². The van der Waals surface area contributed by atoms with Gasteiger partial charge in [-0.25, -0.2) is 0 Å². The molecule has 0 aliphatic heterocycles. The van der Waals surface area contributed by atoms with Crippen molar-refractivity contribution in [2.24, 2.45) is 0 Å². The van der Waals surface area contributed by atoms with Crippen LogP contribution in [0.2, 0.25) is 0 Å². The van der Waals surface area contributed by atoms with E-state index in [4.69, 9.17) is 9.47 Å². The van der Waals surface area contributed by atoms with Crippen LogP contribution in [0.15, 0.2) is 53.0 Å². The first-order chi connectivity index (χ1) is 11.9. The van der Waals surface area contributed by atoms with E-state index in [2.05, 4.69) is 26.8 Å². The molecule has 7 heteroatoms. The van der Waals surface area contributed by atoms with Gasteiger partial charge in [0.15, 0.2) is 12.7 Å². The number of hydrazine groups is 1. The molecule has 0 bridgehead atoms. The van der Waals surface area contributed by atoms with Crippen LogP contribution in [0.1, 0.15) is 12.5 Å². The summed E-state index contributed by atoms with van der Waals surface area (Å²) in [7, 11) is 0. The first-order valence-corrected chi connectivity index (χ1v) is 8.44. The lowest BCUT2D eigenvalue weighted by Crippen LogP contribution is -2.48. The van der Waals surface area contributed by atoms with Crippen molar-refractivity contribution in [1.29, 1.82) is 0 Å². The van der Waals surface area contributed by atoms with Crippen molar-refractivity contribution in [3.05, 3.63) is 58.6 Å². The molecule has 0 fully saturated rings. The lowest BCUT2D eigenvalue weighted by molar-refractivity contribution is -0.133. The van der Waals surface area contributed by atoms with Gasteiger partial charge in [-0.15, -0.1) is 0 Å². The fourth-order valence-electron chi connectivity index (χ4n) is 1.82. The van der Waals surface area contributed by atoms with E-state index in [1.807, 2.05) is 19.1 Å². The van der Waals surface area contributed by atoms with Gasteiger partial charge in [0, 0.05) is 4.47 Å². The van der Waals surface area contributed by atoms with E-state index in [-0.39, 0.29) is 6.61 Å². The minimum atomic E-state index is -0.754. The number of carbonyl (C=O) groups excluding carboxylic acids is 2. The third-order valence-electron chi connectivity index (χ3n) is 3.21. The largest absolute Gasteiger partial charge is 0.484 e. The van der Waals surface area contributed by atoms with Crippen LogP contribution < -0.4 is 20.3 Å². The van der Waals surface area contributed by atoms with Crippen LogP contribution in [0, 0.1) is 6.92 Å². The monoisotopic (exact) mass is 406 g/mol. The Hall–Kier alpha value is -2.54. The quantitative estimate of drug-likeness (QED) is 0.723. The van der Waals surface area contributed by atoms with E-state index in [0.29, 0.717) is 11.5 Å². The number of benzene rings is 2. The standard InChI is InChI=1S/C18H19BrN2O4/c1-12-3-7-16(8-4-12)25-13(2)18(23)21-20-17(22)11-24-15-9-5-14(19)6-10-15/h3-10,13H,11H2,1-2H3,(H,20,22)(H,21,23)/t13-/m0/s1. The van der Waals surface area contributed by atoms with Crippen LogP contribution in [0.4, 0.5) is 0 Å². The zero-order chi connectivity index (χ0) is 18.2. The molecule has 0 saturated heterocycles. The zero-order valence-electron chi connectivity index (χ0n) is 13.9. The molecular weight excluding hydrogens is 388 g/mol. The highest BCUT2D eigenvalue weighted by molar-refractivity contribution is 9.10. The normalized spacial score (nSPS) is 11.3. The second-order valence-corrected chi connectivity index (χ2v) is 6.27. The summed E-state index contributed by atoms with van der Waals surface area (Å²) in [6.07, 6.45) is -0.754. The molecule has 2 N–H and O–H groups in total. The molecule has 0 saturated carbocycles. The molecule has 0 heterocycles. The van der Waals surface area contributed by atoms with Gasteiger partial charge >= 0.3 is 0 Å². The van der Waals surface area contributed by atoms with Crippen LogP contribution in [0.5, 0.6) is 11.5 Å². The molecule has 132 valence electrons. The highest BCUT2D eigenvalue weighted by Crippen LogP contribution is 2.16. The van der Waals surface area contributed by atoms with Crippen molar-refractivity contribution in [3.8, 4) is 11.5 Å². The fraction of sp³-hybridized carbons (Fsp3) is 0.222. The Kier molecular flexibility index (Phi) is 6.82. The minimum absolute atomic E-state index is 0.213. The SMILES string of the molecule is Cc1ccc(O[C@@H](C)C(=O)NNC(=O)COc2ccc(Br)cc2)cc1. The lowest BCUT2D eigenvalue weighted by atomic mass is 10.2. The van der Waals surface area contributed by atoms with Gasteiger partial charge in [0.05, 0.1) is 0 Å². The maximum Gasteiger partial charge on any atom is 0.279 e. The number of aryl methyl sites for hydroxylation is 1. The van der Waals surface area contributed by atoms with Crippen molar-refractivity contribution in [2.75, 3.05) is 6.61 Å². The van der Waals surface area contributed by atoms with Gasteiger partial charge in [0.1, 0.15) is 11.5 Å². The summed E-state index contributed by atoms with van der Waals surface area (Å²) >= 11 is 3.31. The fourth-order valence-corrected chi connectivity index (χ4v) is 2.09. The number of hydrogen-bond acceptors (Lipinski definition) is 4. The van der Waals surface area contributed by atoms with Crippen molar-refractivity contribution in [3.63, 3.8) is 0 Å². The molecule has 2 aromatic rings. The van der Waals surface area contributed by atoms with Gasteiger partial charge < -0.3 is 9.47 Å². The van der Waals surface area contributed by atoms with Crippen molar-refractivity contribution < 1.29 is 19.1 Å². The third kappa shape index (κ3) is 6.46. The van der Waals surface area contributed by atoms with Crippen LogP contribution in [0.3, 0.4) is 0 Å². The van der Waals surface area contributed by atoms with E-state index in [1.165, 1.54) is 0 Å². The van der Waals surface area contributed by atoms with Crippen molar-refractivity contribution >= 4 is 27.7 Å². The van der Waals surface area contributed by atoms with Gasteiger partial charge in [-0.2, -0.15) is 0 Å². The number of carbonyl (C=O) groups is 2. The molecule has 0 spiro atoms. The predicted molar refractivity (Wildman–Crippen MR) is 97.2 cm³/mol. The Morgan fingerprint density at radius 2 is 1.60 bits per heavy atom. The van der Waals surface area contributed by atoms with E-state index in [9.17, 15) is 9.59 Å². The van der Waals surface area contributed by atoms with Crippen molar-refractivity contribution in [2.45, 2.75) is 20.0 Å². The van der Waals surface area contributed by atoms with E-state index in [0.717, 1.165) is 10.0 Å². The number of hydrogen-bond donors (Lipinski definition) is 2. The molecule has 25 heavy (non-hydrogen) atoms. The molecule has 0 aliphatic carbocycles. The van der Waals surface area contributed by atoms with Crippen LogP contribution in [0.25, 0.3) is 0 Å². The molecule has 2 amide bonds. The number of ether oxygens (including phenoxy) is 2. The molecule has 2 aromatic carbocycles. The Morgan fingerprint density at radius 1 is 1.00 bits per heavy atom. The first-order valence-electron chi connectivity index (χ1n) is 7.64. The van der Waals surface area contributed by atoms with E-state index in [1.54, 1.807) is 43.3 Å². The summed E-state index contributed by atoms with van der Waals surface area (Å²) in [6, 6.07) is 14.4. The summed E-state index contributed by atoms with van der Waals surface area (Å²) in [4.78, 5) is 23.6. The first kappa shape index (κ1) is 18.8. The molecule has 1 atom stereocenters. The second kappa shape index (κ2) is 9.08. The summed E-state index contributed by atoms with van der Waals surface area (Å²) < 4.78 is 11.7. The second-order valence-electron chi connectivity index (χ2n) is 5.35. The molecular formula is C18H19BrN2O4. The van der Waals surface area contributed by atoms with Crippen molar-refractivity contribution in [1.82, 2.24) is 10.9 Å². The minimum Gasteiger partial charge on any atom is -0.484 e. The predicted octanol–water partition coefficient (Wildman–Crippen LogP) is 2.75. The molecule has 6 nitrogen and oxygen atoms in total. The van der Waals surface area contributed by atoms with Gasteiger partial charge in [0.25, 0.3) is 11.8 Å². The van der Waals surface area contributed by atoms with Gasteiger partial charge in [-0.1, -0.05) is 33.6 Å². The number of halogens is 1. The highest BCUT2D eigenvalue weighted by Gasteiger charge is 2.15. The average Bonchev–Trinajstić information content (AvgIpc) is 2.61. The highest BCUT2D eigenvalue weighted by atomic mass is 79.9. The summed E-state index contributed by atoms with van der Waals surface area (Å²) in [5, 5.41) is 0. The Labute approximate surface area is 154 Å². The molecule has 0 aliphatic rings. The molecule has 0 radical (unpaired) electrons. The Balaban J connectivity index is 1.71. The van der Waals surface area contributed by atoms with Crippen LogP contribution in [-0.2, 0) is 9.59 Å². The molecule has 0 unspecified atom stereocenters. The van der Waals surface area contributed by atoms with Gasteiger partial charge in [-0.3, -0.25) is 20.4 Å². The van der Waals surface area contributed by atoms with E-state index >= 15 is 0 Å². The number of nitrogens with one attached hydrogen (secondary N) is 2. The van der Waals surface area contributed by atoms with Gasteiger partial charge in [-0.05, 0) is 50.2 Å². The number of rotatable bonds is 6. The zero-order valence-corrected chi connectivity index (χ0v) is 15.5.